The van der Waals surface area contributed by atoms with Crippen molar-refractivity contribution in [2.24, 2.45) is 0 Å². The lowest BCUT2D eigenvalue weighted by molar-refractivity contribution is 0.0979. The lowest BCUT2D eigenvalue weighted by Crippen LogP contribution is -2.00. The number of halogens is 1. The number of carbonyl (C=O) groups is 1. The van der Waals surface area contributed by atoms with Crippen molar-refractivity contribution in [2.75, 3.05) is 11.9 Å². The van der Waals surface area contributed by atoms with Gasteiger partial charge in [-0.1, -0.05) is 34.5 Å². The molecule has 1 aromatic carbocycles. The summed E-state index contributed by atoms with van der Waals surface area (Å²) in [6.07, 6.45) is 3.82. The van der Waals surface area contributed by atoms with Crippen LogP contribution in [0.25, 0.3) is 0 Å². The van der Waals surface area contributed by atoms with Gasteiger partial charge in [0.2, 0.25) is 0 Å². The van der Waals surface area contributed by atoms with E-state index in [-0.39, 0.29) is 5.78 Å². The van der Waals surface area contributed by atoms with Crippen molar-refractivity contribution in [2.45, 2.75) is 32.6 Å². The SMILES string of the molecule is CCOc1cccc(C(=O)CCCCCBr)c1. The van der Waals surface area contributed by atoms with Crippen molar-refractivity contribution in [1.82, 2.24) is 0 Å². The van der Waals surface area contributed by atoms with Gasteiger partial charge in [-0.15, -0.1) is 0 Å². The number of ether oxygens (including phenoxy) is 1. The molecule has 0 radical (unpaired) electrons. The summed E-state index contributed by atoms with van der Waals surface area (Å²) in [6, 6.07) is 7.44. The molecule has 0 heterocycles. The van der Waals surface area contributed by atoms with Gasteiger partial charge in [-0.2, -0.15) is 0 Å². The number of unbranched alkanes of at least 4 members (excludes halogenated alkanes) is 2. The molecule has 2 nitrogen and oxygen atoms in total. The second-order valence-electron chi connectivity index (χ2n) is 3.88. The van der Waals surface area contributed by atoms with Crippen LogP contribution in [0.3, 0.4) is 0 Å². The Morgan fingerprint density at radius 2 is 2.12 bits per heavy atom. The number of alkyl halides is 1. The first-order chi connectivity index (χ1) is 8.27. The van der Waals surface area contributed by atoms with Gasteiger partial charge in [-0.05, 0) is 31.9 Å². The van der Waals surface area contributed by atoms with E-state index >= 15 is 0 Å². The maximum absolute atomic E-state index is 11.9. The van der Waals surface area contributed by atoms with E-state index in [4.69, 9.17) is 4.74 Å². The minimum absolute atomic E-state index is 0.209. The Morgan fingerprint density at radius 1 is 1.29 bits per heavy atom. The molecule has 0 atom stereocenters. The highest BCUT2D eigenvalue weighted by Crippen LogP contribution is 2.16. The Labute approximate surface area is 111 Å². The summed E-state index contributed by atoms with van der Waals surface area (Å²) < 4.78 is 5.38. The first-order valence-electron chi connectivity index (χ1n) is 6.10. The van der Waals surface area contributed by atoms with E-state index in [1.165, 1.54) is 0 Å². The van der Waals surface area contributed by atoms with Gasteiger partial charge < -0.3 is 4.74 Å². The van der Waals surface area contributed by atoms with Gasteiger partial charge in [0.1, 0.15) is 5.75 Å². The molecule has 3 heteroatoms. The van der Waals surface area contributed by atoms with Crippen LogP contribution < -0.4 is 4.74 Å². The molecule has 0 saturated heterocycles. The number of hydrogen-bond donors (Lipinski definition) is 0. The summed E-state index contributed by atoms with van der Waals surface area (Å²) in [5, 5.41) is 1.01. The lowest BCUT2D eigenvalue weighted by Gasteiger charge is -2.05. The highest BCUT2D eigenvalue weighted by Gasteiger charge is 2.06. The van der Waals surface area contributed by atoms with Crippen molar-refractivity contribution in [3.8, 4) is 5.75 Å². The molecule has 0 fully saturated rings. The first kappa shape index (κ1) is 14.2. The van der Waals surface area contributed by atoms with Crippen LogP contribution in [0, 0.1) is 0 Å². The Balaban J connectivity index is 2.47. The maximum Gasteiger partial charge on any atom is 0.163 e. The zero-order valence-electron chi connectivity index (χ0n) is 10.2. The van der Waals surface area contributed by atoms with E-state index in [0.29, 0.717) is 13.0 Å². The van der Waals surface area contributed by atoms with Gasteiger partial charge in [0.15, 0.2) is 5.78 Å². The maximum atomic E-state index is 11.9. The molecule has 0 aliphatic carbocycles. The van der Waals surface area contributed by atoms with Crippen LogP contribution in [0.4, 0.5) is 0 Å². The van der Waals surface area contributed by atoms with E-state index in [1.807, 2.05) is 31.2 Å². The molecule has 0 aliphatic heterocycles. The van der Waals surface area contributed by atoms with Crippen molar-refractivity contribution < 1.29 is 9.53 Å². The molecular weight excluding hydrogens is 280 g/mol. The molecule has 0 bridgehead atoms. The van der Waals surface area contributed by atoms with Gasteiger partial charge in [0.05, 0.1) is 6.61 Å². The van der Waals surface area contributed by atoms with Crippen molar-refractivity contribution in [3.63, 3.8) is 0 Å². The lowest BCUT2D eigenvalue weighted by atomic mass is 10.0. The fourth-order valence-electron chi connectivity index (χ4n) is 1.63. The third kappa shape index (κ3) is 5.35. The number of carbonyl (C=O) groups excluding carboxylic acids is 1. The standard InChI is InChI=1S/C14H19BrO2/c1-2-17-13-8-6-7-12(11-13)14(16)9-4-3-5-10-15/h6-8,11H,2-5,9-10H2,1H3. The smallest absolute Gasteiger partial charge is 0.163 e. The first-order valence-corrected chi connectivity index (χ1v) is 7.22. The number of hydrogen-bond acceptors (Lipinski definition) is 2. The average molecular weight is 299 g/mol. The summed E-state index contributed by atoms with van der Waals surface area (Å²) >= 11 is 3.39. The van der Waals surface area contributed by atoms with Crippen LogP contribution in [0.2, 0.25) is 0 Å². The highest BCUT2D eigenvalue weighted by molar-refractivity contribution is 9.09. The summed E-state index contributed by atoms with van der Waals surface area (Å²) in [4.78, 5) is 11.9. The van der Waals surface area contributed by atoms with Gasteiger partial charge in [-0.3, -0.25) is 4.79 Å². The molecule has 1 aromatic rings. The quantitative estimate of drug-likeness (QED) is 0.408. The summed E-state index contributed by atoms with van der Waals surface area (Å²) in [6.45, 7) is 2.57. The van der Waals surface area contributed by atoms with E-state index in [2.05, 4.69) is 15.9 Å². The summed E-state index contributed by atoms with van der Waals surface area (Å²) in [5.41, 5.74) is 0.759. The van der Waals surface area contributed by atoms with Gasteiger partial charge >= 0.3 is 0 Å². The molecule has 0 amide bonds. The Morgan fingerprint density at radius 3 is 2.82 bits per heavy atom. The number of rotatable bonds is 8. The van der Waals surface area contributed by atoms with E-state index in [9.17, 15) is 4.79 Å². The Kier molecular flexibility index (Phi) is 6.94. The molecule has 1 rings (SSSR count). The second kappa shape index (κ2) is 8.29. The van der Waals surface area contributed by atoms with Crippen LogP contribution in [0.5, 0.6) is 5.75 Å². The fraction of sp³-hybridized carbons (Fsp3) is 0.500. The van der Waals surface area contributed by atoms with Gasteiger partial charge in [0, 0.05) is 17.3 Å². The monoisotopic (exact) mass is 298 g/mol. The van der Waals surface area contributed by atoms with Crippen LogP contribution in [0.15, 0.2) is 24.3 Å². The zero-order chi connectivity index (χ0) is 12.5. The van der Waals surface area contributed by atoms with Crippen molar-refractivity contribution >= 4 is 21.7 Å². The second-order valence-corrected chi connectivity index (χ2v) is 4.68. The molecule has 0 spiro atoms. The summed E-state index contributed by atoms with van der Waals surface area (Å²) in [7, 11) is 0. The van der Waals surface area contributed by atoms with Crippen LogP contribution >= 0.6 is 15.9 Å². The molecule has 0 unspecified atom stereocenters. The Hall–Kier alpha value is -0.830. The molecule has 0 N–H and O–H groups in total. The molecule has 17 heavy (non-hydrogen) atoms. The summed E-state index contributed by atoms with van der Waals surface area (Å²) in [5.74, 6) is 0.986. The van der Waals surface area contributed by atoms with Gasteiger partial charge in [-0.25, -0.2) is 0 Å². The molecular formula is C14H19BrO2. The zero-order valence-corrected chi connectivity index (χ0v) is 11.8. The van der Waals surface area contributed by atoms with Crippen molar-refractivity contribution in [1.29, 1.82) is 0 Å². The van der Waals surface area contributed by atoms with Crippen molar-refractivity contribution in [3.05, 3.63) is 29.8 Å². The third-order valence-corrected chi connectivity index (χ3v) is 3.07. The minimum Gasteiger partial charge on any atom is -0.494 e. The predicted octanol–water partition coefficient (Wildman–Crippen LogP) is 4.22. The molecule has 94 valence electrons. The van der Waals surface area contributed by atoms with E-state index in [0.717, 1.165) is 35.9 Å². The number of ketones is 1. The fourth-order valence-corrected chi connectivity index (χ4v) is 2.02. The van der Waals surface area contributed by atoms with Crippen LogP contribution in [-0.4, -0.2) is 17.7 Å². The van der Waals surface area contributed by atoms with Crippen LogP contribution in [-0.2, 0) is 0 Å². The third-order valence-electron chi connectivity index (χ3n) is 2.50. The van der Waals surface area contributed by atoms with Crippen LogP contribution in [0.1, 0.15) is 43.0 Å². The topological polar surface area (TPSA) is 26.3 Å². The Bertz CT molecular complexity index is 350. The molecule has 0 aromatic heterocycles. The van der Waals surface area contributed by atoms with E-state index < -0.39 is 0 Å². The normalized spacial score (nSPS) is 10.2. The average Bonchev–Trinajstić information content (AvgIpc) is 2.35. The van der Waals surface area contributed by atoms with E-state index in [1.54, 1.807) is 0 Å². The highest BCUT2D eigenvalue weighted by atomic mass is 79.9. The largest absolute Gasteiger partial charge is 0.494 e. The number of benzene rings is 1. The molecule has 0 saturated carbocycles. The number of Topliss-reactive ketones (excluding diaryl/α,β-unsaturated/α-hetero) is 1. The predicted molar refractivity (Wildman–Crippen MR) is 74.2 cm³/mol. The molecule has 0 aliphatic rings. The van der Waals surface area contributed by atoms with Gasteiger partial charge in [0.25, 0.3) is 0 Å². The minimum atomic E-state index is 0.209.